The molecule has 564 valence electrons. The van der Waals surface area contributed by atoms with E-state index < -0.39 is 336 Å². The van der Waals surface area contributed by atoms with Gasteiger partial charge in [-0.05, 0) is 0 Å². The highest BCUT2D eigenvalue weighted by Crippen LogP contribution is 2.58. The molecule has 9 rings (SSSR count). The van der Waals surface area contributed by atoms with Gasteiger partial charge < -0.3 is 14.0 Å². The van der Waals surface area contributed by atoms with Crippen molar-refractivity contribution in [3.8, 4) is 0 Å². The van der Waals surface area contributed by atoms with E-state index in [1.54, 1.807) is 0 Å². The monoisotopic (exact) mass is 1600 g/mol. The van der Waals surface area contributed by atoms with Crippen molar-refractivity contribution in [3.63, 3.8) is 0 Å². The van der Waals surface area contributed by atoms with Gasteiger partial charge in [0.2, 0.25) is 52.4 Å². The molecule has 9 aromatic carbocycles. The van der Waals surface area contributed by atoms with Gasteiger partial charge in [0.25, 0.3) is 0 Å². The van der Waals surface area contributed by atoms with Crippen LogP contribution in [0.4, 0.5) is 198 Å². The van der Waals surface area contributed by atoms with Gasteiger partial charge >= 0.3 is 7.32 Å². The second-order valence-corrected chi connectivity index (χ2v) is 20.2. The molecule has 0 N–H and O–H groups in total. The largest absolute Gasteiger partial charge is 0.643 e. The standard InChI is InChI=1S/C57BF45O3/c59-10-1(11(60)29(78)46(95)28(10)77)55(2-12(61)30(79)47(96)31(80)13(2)62,3-14(63)32(81)48(97)33(82)15(3)64)104-58(105-56(4-16(65)34(83)49(98)35(84)17(4)66,5-18(67)36(85)50(99)37(86)19(5)68)6-20(69)38(87)51(100)39(88)21(6)70)106-57(7-22(71)40(89)52(101)41(90)23(7)72,8-24(73)42(91)53(102)43(92)25(8)74)9-26(75)44(93)54(103)45(94)27(9)76. The Balaban J connectivity index is 1.85. The normalized spacial score (nSPS) is 12.3. The lowest BCUT2D eigenvalue weighted by molar-refractivity contribution is -0.0521. The molecule has 0 aliphatic rings. The molecule has 0 heterocycles. The Kier molecular flexibility index (Phi) is 20.3. The average molecular weight is 1600 g/mol. The lowest BCUT2D eigenvalue weighted by Crippen LogP contribution is -2.55. The van der Waals surface area contributed by atoms with Crippen molar-refractivity contribution in [2.24, 2.45) is 0 Å². The molecule has 0 bridgehead atoms. The van der Waals surface area contributed by atoms with Gasteiger partial charge in [-0.2, -0.15) is 0 Å². The van der Waals surface area contributed by atoms with Crippen LogP contribution in [0.15, 0.2) is 0 Å². The van der Waals surface area contributed by atoms with Crippen LogP contribution in [0.3, 0.4) is 0 Å². The van der Waals surface area contributed by atoms with Gasteiger partial charge in [-0.15, -0.1) is 0 Å². The van der Waals surface area contributed by atoms with Gasteiger partial charge in [0.05, 0.1) is 50.1 Å². The molecule has 0 unspecified atom stereocenters. The van der Waals surface area contributed by atoms with Crippen molar-refractivity contribution in [1.82, 2.24) is 0 Å². The minimum absolute atomic E-state index is 4.06. The van der Waals surface area contributed by atoms with Crippen LogP contribution in [0, 0.1) is 262 Å². The number of halogens is 45. The smallest absolute Gasteiger partial charge is 0.367 e. The molecule has 0 radical (unpaired) electrons. The molecular weight excluding hydrogens is 1600 g/mol. The van der Waals surface area contributed by atoms with E-state index in [1.807, 2.05) is 0 Å². The van der Waals surface area contributed by atoms with Gasteiger partial charge in [-0.3, -0.25) is 0 Å². The maximum absolute atomic E-state index is 17.3. The van der Waals surface area contributed by atoms with Gasteiger partial charge in [0.1, 0.15) is 0 Å². The second kappa shape index (κ2) is 27.0. The van der Waals surface area contributed by atoms with Crippen molar-refractivity contribution < 1.29 is 212 Å². The first-order chi connectivity index (χ1) is 48.9. The Hall–Kier alpha value is -10.2. The summed E-state index contributed by atoms with van der Waals surface area (Å²) in [4.78, 5) is 0. The molecule has 0 aliphatic carbocycles. The molecule has 3 nitrogen and oxygen atoms in total. The van der Waals surface area contributed by atoms with E-state index in [0.29, 0.717) is 0 Å². The highest BCUT2D eigenvalue weighted by molar-refractivity contribution is 6.37. The minimum Gasteiger partial charge on any atom is -0.367 e. The number of hydrogen-bond acceptors (Lipinski definition) is 3. The predicted octanol–water partition coefficient (Wildman–Crippen LogP) is 19.3. The molecule has 106 heavy (non-hydrogen) atoms. The zero-order chi connectivity index (χ0) is 80.4. The first kappa shape index (κ1) is 79.9. The highest BCUT2D eigenvalue weighted by atomic mass is 19.2. The van der Waals surface area contributed by atoms with Crippen molar-refractivity contribution in [1.29, 1.82) is 0 Å². The van der Waals surface area contributed by atoms with Crippen molar-refractivity contribution in [3.05, 3.63) is 312 Å². The molecule has 0 aliphatic heterocycles. The average Bonchev–Trinajstić information content (AvgIpc) is 0.698. The third-order valence-corrected chi connectivity index (χ3v) is 14.9. The molecule has 0 spiro atoms. The molecular formula is C57BF45O3. The van der Waals surface area contributed by atoms with Gasteiger partial charge in [-0.25, -0.2) is 198 Å². The summed E-state index contributed by atoms with van der Waals surface area (Å²) in [6, 6.07) is 0. The molecule has 0 fully saturated rings. The minimum atomic E-state index is -8.06. The lowest BCUT2D eigenvalue weighted by atomic mass is 9.74. The summed E-state index contributed by atoms with van der Waals surface area (Å²) in [6.07, 6.45) is 0. The number of rotatable bonds is 15. The van der Waals surface area contributed by atoms with Gasteiger partial charge in [0, 0.05) is 0 Å². The fourth-order valence-electron chi connectivity index (χ4n) is 10.4. The zero-order valence-electron chi connectivity index (χ0n) is 47.3. The summed E-state index contributed by atoms with van der Waals surface area (Å²) in [6.45, 7) is 0. The third-order valence-electron chi connectivity index (χ3n) is 14.9. The third kappa shape index (κ3) is 10.7. The number of hydrogen-bond donors (Lipinski definition) is 0. The Morgan fingerprint density at radius 3 is 0.226 bits per heavy atom. The quantitative estimate of drug-likeness (QED) is 0.0337. The topological polar surface area (TPSA) is 27.7 Å². The maximum atomic E-state index is 17.3. The SMILES string of the molecule is Fc1c(F)c(F)c(C(OB(OC(c2c(F)c(F)c(F)c(F)c2F)(c2c(F)c(F)c(F)c(F)c2F)c2c(F)c(F)c(F)c(F)c2F)OC(c2c(F)c(F)c(F)c(F)c2F)(c2c(F)c(F)c(F)c(F)c2F)c2c(F)c(F)c(F)c(F)c2F)(c2c(F)c(F)c(F)c(F)c2F)c2c(F)c(F)c(F)c(F)c2F)c(F)c1F. The summed E-state index contributed by atoms with van der Waals surface area (Å²) in [5.41, 5.74) is -69.0. The van der Waals surface area contributed by atoms with Crippen LogP contribution < -0.4 is 0 Å². The van der Waals surface area contributed by atoms with Crippen LogP contribution in [-0.2, 0) is 30.8 Å². The highest BCUT2D eigenvalue weighted by Gasteiger charge is 2.66. The van der Waals surface area contributed by atoms with Crippen LogP contribution >= 0.6 is 0 Å². The fraction of sp³-hybridized carbons (Fsp3) is 0.0526. The second-order valence-electron chi connectivity index (χ2n) is 20.2. The Bertz CT molecular complexity index is 4110. The van der Waals surface area contributed by atoms with E-state index in [2.05, 4.69) is 14.0 Å². The van der Waals surface area contributed by atoms with Crippen LogP contribution in [0.1, 0.15) is 50.1 Å². The van der Waals surface area contributed by atoms with Crippen molar-refractivity contribution in [2.75, 3.05) is 0 Å². The van der Waals surface area contributed by atoms with Crippen molar-refractivity contribution >= 4 is 7.32 Å². The van der Waals surface area contributed by atoms with Crippen LogP contribution in [-0.4, -0.2) is 7.32 Å². The van der Waals surface area contributed by atoms with Crippen LogP contribution in [0.2, 0.25) is 0 Å². The zero-order valence-corrected chi connectivity index (χ0v) is 47.3. The molecule has 0 amide bonds. The van der Waals surface area contributed by atoms with Crippen molar-refractivity contribution in [2.45, 2.75) is 16.8 Å². The fourth-order valence-corrected chi connectivity index (χ4v) is 10.4. The molecule has 0 saturated heterocycles. The van der Waals surface area contributed by atoms with E-state index in [-0.39, 0.29) is 0 Å². The number of benzene rings is 9. The molecule has 0 aromatic heterocycles. The van der Waals surface area contributed by atoms with Crippen LogP contribution in [0.5, 0.6) is 0 Å². The summed E-state index contributed by atoms with van der Waals surface area (Å²) in [5.74, 6) is -207. The van der Waals surface area contributed by atoms with E-state index >= 15 is 198 Å². The van der Waals surface area contributed by atoms with E-state index in [4.69, 9.17) is 0 Å². The van der Waals surface area contributed by atoms with E-state index in [1.165, 1.54) is 0 Å². The summed E-state index contributed by atoms with van der Waals surface area (Å²) in [7, 11) is -7.64. The summed E-state index contributed by atoms with van der Waals surface area (Å²) in [5, 5.41) is 0. The van der Waals surface area contributed by atoms with E-state index in [0.717, 1.165) is 0 Å². The Labute approximate surface area is 547 Å². The molecule has 0 atom stereocenters. The molecule has 49 heteroatoms. The molecule has 9 aromatic rings. The lowest BCUT2D eigenvalue weighted by Gasteiger charge is -2.45. The Morgan fingerprint density at radius 1 is 0.104 bits per heavy atom. The first-order valence-electron chi connectivity index (χ1n) is 25.6. The first-order valence-corrected chi connectivity index (χ1v) is 25.6. The summed E-state index contributed by atoms with van der Waals surface area (Å²) < 4.78 is 749. The van der Waals surface area contributed by atoms with Gasteiger partial charge in [0.15, 0.2) is 226 Å². The summed E-state index contributed by atoms with van der Waals surface area (Å²) >= 11 is 0. The Morgan fingerprint density at radius 2 is 0.160 bits per heavy atom. The van der Waals surface area contributed by atoms with Gasteiger partial charge in [-0.1, -0.05) is 0 Å². The maximum Gasteiger partial charge on any atom is 0.643 e. The predicted molar refractivity (Wildman–Crippen MR) is 245 cm³/mol. The van der Waals surface area contributed by atoms with E-state index in [9.17, 15) is 0 Å². The van der Waals surface area contributed by atoms with Crippen LogP contribution in [0.25, 0.3) is 0 Å². The molecule has 0 saturated carbocycles.